The van der Waals surface area contributed by atoms with E-state index in [0.717, 1.165) is 39.3 Å². The maximum absolute atomic E-state index is 2.44. The first kappa shape index (κ1) is 37.7. The molecule has 0 bridgehead atoms. The van der Waals surface area contributed by atoms with Crippen molar-refractivity contribution in [2.45, 2.75) is 0 Å². The van der Waals surface area contributed by atoms with E-state index in [1.54, 1.807) is 0 Å². The number of hydrogen-bond donors (Lipinski definition) is 0. The number of nitrogens with zero attached hydrogens (tertiary/aromatic N) is 1. The molecule has 0 saturated carbocycles. The molecule has 0 amide bonds. The van der Waals surface area contributed by atoms with Crippen LogP contribution in [0.5, 0.6) is 0 Å². The minimum Gasteiger partial charge on any atom is -0.310 e. The molecule has 11 rings (SSSR count). The highest BCUT2D eigenvalue weighted by Gasteiger charge is 2.22. The van der Waals surface area contributed by atoms with Gasteiger partial charge in [0, 0.05) is 16.9 Å². The van der Waals surface area contributed by atoms with Gasteiger partial charge in [-0.1, -0.05) is 224 Å². The Bertz CT molecular complexity index is 3280. The second kappa shape index (κ2) is 16.7. The van der Waals surface area contributed by atoms with Gasteiger partial charge in [-0.05, 0) is 119 Å². The molecule has 0 radical (unpaired) electrons. The minimum atomic E-state index is 1.07. The van der Waals surface area contributed by atoms with E-state index in [9.17, 15) is 0 Å². The van der Waals surface area contributed by atoms with Gasteiger partial charge in [0.1, 0.15) is 0 Å². The number of fused-ring (bicyclic) bond motifs is 3. The standard InChI is InChI=1S/C62H43N/c1-6-21-44(22-7-1)50-41-51(45-23-8-2-9-24-45)43-53(42-50)63(59-36-19-18-31-54(59)46-25-10-3-11-26-46)52-39-37-47(38-40-52)55-34-20-35-58-56-32-16-17-33-57(56)60(48-27-12-4-13-28-48)61(62(55)58)49-29-14-5-15-30-49/h1-43H. The number of hydrogen-bond acceptors (Lipinski definition) is 1. The van der Waals surface area contributed by atoms with Gasteiger partial charge < -0.3 is 4.90 Å². The summed E-state index contributed by atoms with van der Waals surface area (Å²) in [6, 6.07) is 94.7. The lowest BCUT2D eigenvalue weighted by Gasteiger charge is -2.29. The number of rotatable bonds is 9. The summed E-state index contributed by atoms with van der Waals surface area (Å²) in [4.78, 5) is 2.44. The SMILES string of the molecule is c1ccc(-c2cc(-c3ccccc3)cc(N(c3ccc(-c4cccc5c4c(-c4ccccc4)c(-c4ccccc4)c4ccccc45)cc3)c3ccccc3-c3ccccc3)c2)cc1. The zero-order chi connectivity index (χ0) is 42.0. The van der Waals surface area contributed by atoms with Gasteiger partial charge in [0.15, 0.2) is 0 Å². The monoisotopic (exact) mass is 801 g/mol. The largest absolute Gasteiger partial charge is 0.310 e. The zero-order valence-electron chi connectivity index (χ0n) is 34.8. The molecule has 11 aromatic rings. The van der Waals surface area contributed by atoms with Crippen molar-refractivity contribution in [1.82, 2.24) is 0 Å². The van der Waals surface area contributed by atoms with E-state index < -0.39 is 0 Å². The molecule has 296 valence electrons. The zero-order valence-corrected chi connectivity index (χ0v) is 34.8. The topological polar surface area (TPSA) is 3.24 Å². The second-order valence-corrected chi connectivity index (χ2v) is 16.0. The van der Waals surface area contributed by atoms with Crippen molar-refractivity contribution >= 4 is 38.6 Å². The molecule has 63 heavy (non-hydrogen) atoms. The van der Waals surface area contributed by atoms with Gasteiger partial charge in [-0.15, -0.1) is 0 Å². The number of anilines is 3. The quantitative estimate of drug-likeness (QED) is 0.131. The molecule has 0 unspecified atom stereocenters. The summed E-state index contributed by atoms with van der Waals surface area (Å²) in [5.41, 5.74) is 17.6. The summed E-state index contributed by atoms with van der Waals surface area (Å²) >= 11 is 0. The van der Waals surface area contributed by atoms with Crippen molar-refractivity contribution in [2.75, 3.05) is 4.90 Å². The van der Waals surface area contributed by atoms with Crippen molar-refractivity contribution in [3.63, 3.8) is 0 Å². The molecule has 0 atom stereocenters. The number of benzene rings is 11. The lowest BCUT2D eigenvalue weighted by atomic mass is 9.82. The van der Waals surface area contributed by atoms with Crippen LogP contribution >= 0.6 is 0 Å². The number of para-hydroxylation sites is 1. The Labute approximate surface area is 369 Å². The van der Waals surface area contributed by atoms with Gasteiger partial charge in [-0.2, -0.15) is 0 Å². The van der Waals surface area contributed by atoms with Crippen LogP contribution in [0.1, 0.15) is 0 Å². The van der Waals surface area contributed by atoms with Crippen LogP contribution in [0.25, 0.3) is 88.3 Å². The minimum absolute atomic E-state index is 1.07. The van der Waals surface area contributed by atoms with Crippen LogP contribution in [0, 0.1) is 0 Å². The van der Waals surface area contributed by atoms with E-state index in [1.165, 1.54) is 66.1 Å². The highest BCUT2D eigenvalue weighted by atomic mass is 15.1. The highest BCUT2D eigenvalue weighted by Crippen LogP contribution is 2.49. The van der Waals surface area contributed by atoms with Crippen LogP contribution in [-0.4, -0.2) is 0 Å². The average molecular weight is 802 g/mol. The van der Waals surface area contributed by atoms with E-state index in [4.69, 9.17) is 0 Å². The van der Waals surface area contributed by atoms with Crippen LogP contribution in [0.2, 0.25) is 0 Å². The molecule has 0 aliphatic heterocycles. The average Bonchev–Trinajstić information content (AvgIpc) is 3.37. The van der Waals surface area contributed by atoms with Crippen molar-refractivity contribution in [2.24, 2.45) is 0 Å². The third kappa shape index (κ3) is 7.16. The van der Waals surface area contributed by atoms with Crippen molar-refractivity contribution in [3.05, 3.63) is 261 Å². The van der Waals surface area contributed by atoms with Gasteiger partial charge in [0.2, 0.25) is 0 Å². The molecule has 0 heterocycles. The van der Waals surface area contributed by atoms with E-state index in [0.29, 0.717) is 0 Å². The molecule has 1 nitrogen and oxygen atoms in total. The predicted octanol–water partition coefficient (Wildman–Crippen LogP) is 17.5. The van der Waals surface area contributed by atoms with Crippen LogP contribution in [-0.2, 0) is 0 Å². The molecule has 11 aromatic carbocycles. The first-order chi connectivity index (χ1) is 31.3. The lowest BCUT2D eigenvalue weighted by molar-refractivity contribution is 1.28. The first-order valence-electron chi connectivity index (χ1n) is 21.7. The highest BCUT2D eigenvalue weighted by molar-refractivity contribution is 6.25. The van der Waals surface area contributed by atoms with Gasteiger partial charge in [-0.25, -0.2) is 0 Å². The second-order valence-electron chi connectivity index (χ2n) is 16.0. The van der Waals surface area contributed by atoms with E-state index >= 15 is 0 Å². The lowest BCUT2D eigenvalue weighted by Crippen LogP contribution is -2.11. The Kier molecular flexibility index (Phi) is 9.97. The predicted molar refractivity (Wildman–Crippen MR) is 269 cm³/mol. The van der Waals surface area contributed by atoms with E-state index in [2.05, 4.69) is 266 Å². The summed E-state index contributed by atoms with van der Waals surface area (Å²) in [5, 5.41) is 5.00. The van der Waals surface area contributed by atoms with Crippen LogP contribution in [0.15, 0.2) is 261 Å². The first-order valence-corrected chi connectivity index (χ1v) is 21.7. The van der Waals surface area contributed by atoms with Crippen molar-refractivity contribution in [3.8, 4) is 66.8 Å². The maximum Gasteiger partial charge on any atom is 0.0540 e. The smallest absolute Gasteiger partial charge is 0.0540 e. The molecule has 0 N–H and O–H groups in total. The third-order valence-corrected chi connectivity index (χ3v) is 12.2. The maximum atomic E-state index is 2.44. The summed E-state index contributed by atoms with van der Waals surface area (Å²) < 4.78 is 0. The molecule has 0 aromatic heterocycles. The van der Waals surface area contributed by atoms with E-state index in [1.807, 2.05) is 0 Å². The molecule has 0 aliphatic carbocycles. The van der Waals surface area contributed by atoms with Gasteiger partial charge in [-0.3, -0.25) is 0 Å². The van der Waals surface area contributed by atoms with Gasteiger partial charge >= 0.3 is 0 Å². The molecular formula is C62H43N. The molecule has 0 spiro atoms. The summed E-state index contributed by atoms with van der Waals surface area (Å²) in [5.74, 6) is 0. The van der Waals surface area contributed by atoms with Gasteiger partial charge in [0.05, 0.1) is 5.69 Å². The summed E-state index contributed by atoms with van der Waals surface area (Å²) in [7, 11) is 0. The van der Waals surface area contributed by atoms with Crippen LogP contribution < -0.4 is 4.90 Å². The fourth-order valence-electron chi connectivity index (χ4n) is 9.36. The molecule has 0 aliphatic rings. The third-order valence-electron chi connectivity index (χ3n) is 12.2. The molecule has 0 fully saturated rings. The van der Waals surface area contributed by atoms with Crippen molar-refractivity contribution in [1.29, 1.82) is 0 Å². The summed E-state index contributed by atoms with van der Waals surface area (Å²) in [6.07, 6.45) is 0. The Morgan fingerprint density at radius 1 is 0.222 bits per heavy atom. The fraction of sp³-hybridized carbons (Fsp3) is 0. The fourth-order valence-corrected chi connectivity index (χ4v) is 9.36. The Morgan fingerprint density at radius 3 is 1.24 bits per heavy atom. The Morgan fingerprint density at radius 2 is 0.651 bits per heavy atom. The van der Waals surface area contributed by atoms with E-state index in [-0.39, 0.29) is 0 Å². The Hall–Kier alpha value is -8.26. The normalized spacial score (nSPS) is 11.2. The van der Waals surface area contributed by atoms with Crippen molar-refractivity contribution < 1.29 is 0 Å². The van der Waals surface area contributed by atoms with Crippen LogP contribution in [0.4, 0.5) is 17.1 Å². The molecule has 1 heteroatoms. The summed E-state index contributed by atoms with van der Waals surface area (Å²) in [6.45, 7) is 0. The molecule has 0 saturated heterocycles. The van der Waals surface area contributed by atoms with Gasteiger partial charge in [0.25, 0.3) is 0 Å². The molecular weight excluding hydrogens is 759 g/mol. The Balaban J connectivity index is 1.15. The van der Waals surface area contributed by atoms with Crippen LogP contribution in [0.3, 0.4) is 0 Å².